The van der Waals surface area contributed by atoms with Crippen LogP contribution in [0, 0.1) is 6.92 Å². The summed E-state index contributed by atoms with van der Waals surface area (Å²) in [5.41, 5.74) is 0. The van der Waals surface area contributed by atoms with Crippen molar-refractivity contribution in [3.8, 4) is 0 Å². The highest BCUT2D eigenvalue weighted by atomic mass is 79.9. The molecule has 0 saturated heterocycles. The van der Waals surface area contributed by atoms with Gasteiger partial charge in [-0.3, -0.25) is 4.79 Å². The first-order valence-electron chi connectivity index (χ1n) is 5.13. The van der Waals surface area contributed by atoms with Gasteiger partial charge in [-0.15, -0.1) is 11.3 Å². The number of carbonyl (C=O) groups is 1. The van der Waals surface area contributed by atoms with E-state index in [0.29, 0.717) is 16.5 Å². The maximum absolute atomic E-state index is 11.9. The number of nitrogens with one attached hydrogen (secondary N) is 1. The van der Waals surface area contributed by atoms with Crippen LogP contribution in [0.5, 0.6) is 0 Å². The van der Waals surface area contributed by atoms with Gasteiger partial charge in [0.2, 0.25) is 0 Å². The Morgan fingerprint density at radius 1 is 1.59 bits per heavy atom. The number of amides is 1. The van der Waals surface area contributed by atoms with Crippen molar-refractivity contribution < 1.29 is 9.32 Å². The number of halogens is 1. The largest absolute Gasteiger partial charge is 0.360 e. The van der Waals surface area contributed by atoms with Gasteiger partial charge in [-0.1, -0.05) is 12.1 Å². The molecule has 1 N–H and O–H groups in total. The van der Waals surface area contributed by atoms with Gasteiger partial charge in [0.1, 0.15) is 5.76 Å². The van der Waals surface area contributed by atoms with E-state index in [9.17, 15) is 4.79 Å². The van der Waals surface area contributed by atoms with E-state index in [0.717, 1.165) is 15.8 Å². The Kier molecular flexibility index (Phi) is 3.63. The van der Waals surface area contributed by atoms with Crippen molar-refractivity contribution in [1.82, 2.24) is 5.16 Å². The summed E-state index contributed by atoms with van der Waals surface area (Å²) in [7, 11) is 0. The van der Waals surface area contributed by atoms with Gasteiger partial charge in [0.05, 0.1) is 4.88 Å². The number of hydrogen-bond acceptors (Lipinski definition) is 4. The number of aryl methyl sites for hydroxylation is 2. The van der Waals surface area contributed by atoms with Crippen LogP contribution in [0.4, 0.5) is 5.82 Å². The summed E-state index contributed by atoms with van der Waals surface area (Å²) in [6.45, 7) is 3.83. The first-order valence-corrected chi connectivity index (χ1v) is 6.74. The van der Waals surface area contributed by atoms with Gasteiger partial charge in [0.15, 0.2) is 5.82 Å². The molecule has 2 aromatic rings. The lowest BCUT2D eigenvalue weighted by atomic mass is 10.3. The summed E-state index contributed by atoms with van der Waals surface area (Å²) in [6.07, 6.45) is 0.904. The van der Waals surface area contributed by atoms with E-state index < -0.39 is 0 Å². The van der Waals surface area contributed by atoms with Gasteiger partial charge in [-0.2, -0.15) is 0 Å². The molecule has 0 aliphatic heterocycles. The van der Waals surface area contributed by atoms with Crippen molar-refractivity contribution in [1.29, 1.82) is 0 Å². The third-order valence-corrected chi connectivity index (χ3v) is 4.42. The number of nitrogens with zero attached hydrogens (tertiary/aromatic N) is 1. The van der Waals surface area contributed by atoms with E-state index in [1.54, 1.807) is 13.0 Å². The minimum Gasteiger partial charge on any atom is -0.360 e. The molecule has 2 heterocycles. The zero-order valence-electron chi connectivity index (χ0n) is 9.41. The normalized spacial score (nSPS) is 10.5. The van der Waals surface area contributed by atoms with Gasteiger partial charge in [0.25, 0.3) is 5.91 Å². The molecule has 0 aliphatic rings. The summed E-state index contributed by atoms with van der Waals surface area (Å²) < 4.78 is 5.86. The highest BCUT2D eigenvalue weighted by Gasteiger charge is 2.13. The van der Waals surface area contributed by atoms with Crippen LogP contribution in [-0.2, 0) is 6.42 Å². The molecule has 4 nitrogen and oxygen atoms in total. The van der Waals surface area contributed by atoms with Crippen molar-refractivity contribution >= 4 is 39.0 Å². The number of anilines is 1. The first-order chi connectivity index (χ1) is 8.10. The molecular formula is C11H11BrN2O2S. The van der Waals surface area contributed by atoms with E-state index in [1.165, 1.54) is 11.3 Å². The van der Waals surface area contributed by atoms with Crippen LogP contribution in [0.25, 0.3) is 0 Å². The summed E-state index contributed by atoms with van der Waals surface area (Å²) >= 11 is 4.91. The Morgan fingerprint density at radius 3 is 2.88 bits per heavy atom. The van der Waals surface area contributed by atoms with Gasteiger partial charge < -0.3 is 9.84 Å². The second kappa shape index (κ2) is 5.01. The van der Waals surface area contributed by atoms with Crippen LogP contribution >= 0.6 is 27.3 Å². The fraction of sp³-hybridized carbons (Fsp3) is 0.273. The molecule has 6 heteroatoms. The van der Waals surface area contributed by atoms with E-state index in [4.69, 9.17) is 4.52 Å². The molecule has 0 saturated carbocycles. The lowest BCUT2D eigenvalue weighted by Crippen LogP contribution is -2.10. The molecule has 0 spiro atoms. The molecule has 2 rings (SSSR count). The van der Waals surface area contributed by atoms with Crippen molar-refractivity contribution in [2.45, 2.75) is 20.3 Å². The standard InChI is InChI=1S/C11H11BrN2O2S/c1-3-8-7(12)5-9(17-8)11(15)13-10-4-6(2)16-14-10/h4-5H,3H2,1-2H3,(H,13,14,15). The second-order valence-electron chi connectivity index (χ2n) is 3.51. The number of aromatic nitrogens is 1. The fourth-order valence-electron chi connectivity index (χ4n) is 1.36. The SMILES string of the molecule is CCc1sc(C(=O)Nc2cc(C)on2)cc1Br. The fourth-order valence-corrected chi connectivity index (χ4v) is 3.15. The van der Waals surface area contributed by atoms with Crippen molar-refractivity contribution in [3.63, 3.8) is 0 Å². The predicted octanol–water partition coefficient (Wildman–Crippen LogP) is 3.62. The quantitative estimate of drug-likeness (QED) is 0.941. The third kappa shape index (κ3) is 2.76. The van der Waals surface area contributed by atoms with E-state index in [2.05, 4.69) is 33.3 Å². The van der Waals surface area contributed by atoms with Crippen LogP contribution < -0.4 is 5.32 Å². The lowest BCUT2D eigenvalue weighted by molar-refractivity contribution is 0.102. The molecule has 90 valence electrons. The average Bonchev–Trinajstić information content (AvgIpc) is 2.85. The molecule has 2 aromatic heterocycles. The number of rotatable bonds is 3. The van der Waals surface area contributed by atoms with Crippen LogP contribution in [-0.4, -0.2) is 11.1 Å². The van der Waals surface area contributed by atoms with Crippen LogP contribution in [0.15, 0.2) is 21.1 Å². The smallest absolute Gasteiger partial charge is 0.267 e. The van der Waals surface area contributed by atoms with E-state index in [-0.39, 0.29) is 5.91 Å². The Balaban J connectivity index is 2.14. The second-order valence-corrected chi connectivity index (χ2v) is 5.50. The highest BCUT2D eigenvalue weighted by molar-refractivity contribution is 9.10. The third-order valence-electron chi connectivity index (χ3n) is 2.17. The number of hydrogen-bond donors (Lipinski definition) is 1. The molecule has 0 fully saturated rings. The molecule has 0 atom stereocenters. The van der Waals surface area contributed by atoms with Crippen molar-refractivity contribution in [3.05, 3.63) is 32.1 Å². The first kappa shape index (κ1) is 12.3. The number of thiophene rings is 1. The summed E-state index contributed by atoms with van der Waals surface area (Å²) in [4.78, 5) is 13.7. The molecular weight excluding hydrogens is 304 g/mol. The maximum atomic E-state index is 11.9. The monoisotopic (exact) mass is 314 g/mol. The molecule has 0 aromatic carbocycles. The van der Waals surface area contributed by atoms with Crippen LogP contribution in [0.1, 0.15) is 27.2 Å². The van der Waals surface area contributed by atoms with Crippen LogP contribution in [0.2, 0.25) is 0 Å². The Bertz CT molecular complexity index is 547. The molecule has 1 amide bonds. The zero-order chi connectivity index (χ0) is 12.4. The van der Waals surface area contributed by atoms with Gasteiger partial charge in [0, 0.05) is 15.4 Å². The Hall–Kier alpha value is -1.14. The maximum Gasteiger partial charge on any atom is 0.267 e. The Labute approximate surface area is 111 Å². The van der Waals surface area contributed by atoms with E-state index >= 15 is 0 Å². The molecule has 0 bridgehead atoms. The lowest BCUT2D eigenvalue weighted by Gasteiger charge is -1.96. The molecule has 17 heavy (non-hydrogen) atoms. The van der Waals surface area contributed by atoms with Crippen molar-refractivity contribution in [2.75, 3.05) is 5.32 Å². The average molecular weight is 315 g/mol. The van der Waals surface area contributed by atoms with Gasteiger partial charge in [-0.25, -0.2) is 0 Å². The van der Waals surface area contributed by atoms with Gasteiger partial charge in [-0.05, 0) is 35.3 Å². The zero-order valence-corrected chi connectivity index (χ0v) is 11.8. The number of carbonyl (C=O) groups excluding carboxylic acids is 1. The topological polar surface area (TPSA) is 55.1 Å². The van der Waals surface area contributed by atoms with E-state index in [1.807, 2.05) is 6.07 Å². The van der Waals surface area contributed by atoms with Gasteiger partial charge >= 0.3 is 0 Å². The summed E-state index contributed by atoms with van der Waals surface area (Å²) in [5.74, 6) is 0.945. The predicted molar refractivity (Wildman–Crippen MR) is 70.6 cm³/mol. The molecule has 0 unspecified atom stereocenters. The Morgan fingerprint density at radius 2 is 2.35 bits per heavy atom. The minimum absolute atomic E-state index is 0.163. The highest BCUT2D eigenvalue weighted by Crippen LogP contribution is 2.28. The summed E-state index contributed by atoms with van der Waals surface area (Å²) in [5, 5.41) is 6.41. The molecule has 0 aliphatic carbocycles. The minimum atomic E-state index is -0.163. The van der Waals surface area contributed by atoms with Crippen molar-refractivity contribution in [2.24, 2.45) is 0 Å². The summed E-state index contributed by atoms with van der Waals surface area (Å²) in [6, 6.07) is 3.51. The molecule has 0 radical (unpaired) electrons. The van der Waals surface area contributed by atoms with Crippen LogP contribution in [0.3, 0.4) is 0 Å².